The molecule has 12 heteroatoms. The number of aromatic nitrogens is 2. The van der Waals surface area contributed by atoms with Gasteiger partial charge < -0.3 is 30.1 Å². The second kappa shape index (κ2) is 13.0. The van der Waals surface area contributed by atoms with Crippen molar-refractivity contribution in [2.45, 2.75) is 45.0 Å². The maximum absolute atomic E-state index is 12.5. The van der Waals surface area contributed by atoms with Gasteiger partial charge in [0.15, 0.2) is 11.5 Å². The number of hydrogen-bond donors (Lipinski definition) is 2. The van der Waals surface area contributed by atoms with Gasteiger partial charge in [-0.3, -0.25) is 9.48 Å². The first-order valence-electron chi connectivity index (χ1n) is 8.75. The number of aliphatic carboxylic acids is 1. The van der Waals surface area contributed by atoms with Crippen molar-refractivity contribution in [1.29, 1.82) is 0 Å². The predicted molar refractivity (Wildman–Crippen MR) is 113 cm³/mol. The number of hydrogen-bond acceptors (Lipinski definition) is 7. The minimum Gasteiger partial charge on any atom is -0.870 e. The first-order chi connectivity index (χ1) is 13.1. The zero-order valence-corrected chi connectivity index (χ0v) is 19.7. The molecule has 31 heavy (non-hydrogen) atoms. The molecule has 0 spiro atoms. The van der Waals surface area contributed by atoms with Crippen LogP contribution in [0.5, 0.6) is 11.5 Å². The van der Waals surface area contributed by atoms with Gasteiger partial charge in [-0.05, 0) is 45.4 Å². The number of rotatable bonds is 8. The average molecular weight is 451 g/mol. The molecule has 0 saturated heterocycles. The summed E-state index contributed by atoms with van der Waals surface area (Å²) in [6.45, 7) is 7.39. The number of nitrogens with one attached hydrogen (secondary N) is 1. The van der Waals surface area contributed by atoms with Crippen LogP contribution < -0.4 is 33.1 Å². The van der Waals surface area contributed by atoms with Crippen molar-refractivity contribution in [2.75, 3.05) is 14.2 Å². The molecular weight excluding hydrogens is 421 g/mol. The fourth-order valence-corrected chi connectivity index (χ4v) is 3.39. The van der Waals surface area contributed by atoms with Gasteiger partial charge in [-0.1, -0.05) is 0 Å². The Balaban J connectivity index is 0. The Kier molecular flexibility index (Phi) is 13.2. The van der Waals surface area contributed by atoms with Gasteiger partial charge in [0, 0.05) is 28.7 Å². The monoisotopic (exact) mass is 451 g/mol. The van der Waals surface area contributed by atoms with Gasteiger partial charge in [0.05, 0.1) is 26.5 Å². The quantitative estimate of drug-likeness (QED) is 0.371. The molecule has 0 amide bonds. The van der Waals surface area contributed by atoms with Crippen LogP contribution in [0.1, 0.15) is 39.3 Å². The maximum atomic E-state index is 12.5. The van der Waals surface area contributed by atoms with Crippen molar-refractivity contribution in [2.24, 2.45) is 0 Å². The first-order valence-corrected chi connectivity index (χ1v) is 9.90. The molecule has 0 radical (unpaired) electrons. The second-order valence-electron chi connectivity index (χ2n) is 7.34. The van der Waals surface area contributed by atoms with Crippen molar-refractivity contribution in [3.63, 3.8) is 0 Å². The van der Waals surface area contributed by atoms with Crippen LogP contribution in [-0.2, 0) is 22.7 Å². The van der Waals surface area contributed by atoms with Crippen LogP contribution >= 0.6 is 0 Å². The third-order valence-electron chi connectivity index (χ3n) is 4.08. The van der Waals surface area contributed by atoms with E-state index in [0.717, 1.165) is 5.56 Å². The van der Waals surface area contributed by atoms with E-state index >= 15 is 0 Å². The summed E-state index contributed by atoms with van der Waals surface area (Å²) in [7, 11) is 3.09. The molecule has 0 unspecified atom stereocenters. The molecule has 170 valence electrons. The number of methoxy groups -OCH3 is 2. The Morgan fingerprint density at radius 2 is 1.94 bits per heavy atom. The van der Waals surface area contributed by atoms with E-state index in [1.807, 2.05) is 39.8 Å². The van der Waals surface area contributed by atoms with E-state index < -0.39 is 22.1 Å². The van der Waals surface area contributed by atoms with Crippen molar-refractivity contribution in [3.05, 3.63) is 30.1 Å². The molecule has 0 fully saturated rings. The number of carbonyl (C=O) groups is 1. The zero-order chi connectivity index (χ0) is 21.1. The van der Waals surface area contributed by atoms with Gasteiger partial charge in [-0.25, -0.2) is 0 Å². The van der Waals surface area contributed by atoms with Crippen LogP contribution in [0.4, 0.5) is 0 Å². The summed E-state index contributed by atoms with van der Waals surface area (Å²) in [6, 6.07) is 3.52. The normalized spacial score (nSPS) is 12.5. The van der Waals surface area contributed by atoms with Gasteiger partial charge in [0.2, 0.25) is 0 Å². The van der Waals surface area contributed by atoms with Gasteiger partial charge in [-0.2, -0.15) is 5.10 Å². The number of nitrogens with zero attached hydrogens (tertiary/aromatic N) is 2. The van der Waals surface area contributed by atoms with Crippen molar-refractivity contribution in [1.82, 2.24) is 14.5 Å². The van der Waals surface area contributed by atoms with Crippen LogP contribution in [0.15, 0.2) is 24.5 Å². The number of ether oxygens (including phenoxy) is 2. The van der Waals surface area contributed by atoms with Crippen molar-refractivity contribution >= 4 is 17.3 Å². The molecule has 2 atom stereocenters. The number of carboxylic acids is 1. The molecule has 2 aromatic rings. The second-order valence-corrected chi connectivity index (χ2v) is 9.34. The largest absolute Gasteiger partial charge is 1.00 e. The zero-order valence-electron chi connectivity index (χ0n) is 18.9. The van der Waals surface area contributed by atoms with Gasteiger partial charge in [-0.15, -0.1) is 4.72 Å². The molecule has 1 aromatic heterocycles. The third-order valence-corrected chi connectivity index (χ3v) is 5.76. The summed E-state index contributed by atoms with van der Waals surface area (Å²) < 4.78 is 27.5. The van der Waals surface area contributed by atoms with E-state index in [2.05, 4.69) is 9.82 Å². The summed E-state index contributed by atoms with van der Waals surface area (Å²) in [4.78, 5) is 10.9. The molecule has 0 aliphatic heterocycles. The number of carboxylic acid groups (broad SMARTS) is 1. The van der Waals surface area contributed by atoms with Crippen LogP contribution in [-0.4, -0.2) is 55.3 Å². The Morgan fingerprint density at radius 1 is 1.32 bits per heavy atom. The molecule has 2 rings (SSSR count). The fraction of sp³-hybridized carbons (Fsp3) is 0.474. The topological polar surface area (TPSA) is 170 Å². The molecule has 1 heterocycles. The number of benzene rings is 1. The minimum atomic E-state index is -1.24. The van der Waals surface area contributed by atoms with Crippen molar-refractivity contribution in [3.8, 4) is 22.6 Å². The van der Waals surface area contributed by atoms with Gasteiger partial charge in [0.1, 0.15) is 11.3 Å². The molecule has 0 aliphatic carbocycles. The Hall–Kier alpha value is -1.71. The summed E-state index contributed by atoms with van der Waals surface area (Å²) in [5.41, 5.74) is 2.27. The van der Waals surface area contributed by atoms with E-state index in [1.165, 1.54) is 4.68 Å². The van der Waals surface area contributed by atoms with E-state index in [1.54, 1.807) is 26.6 Å². The molecule has 0 aliphatic rings. The van der Waals surface area contributed by atoms with E-state index in [-0.39, 0.29) is 42.4 Å². The summed E-state index contributed by atoms with van der Waals surface area (Å²) >= 11 is -1.24. The molecule has 0 bridgehead atoms. The van der Waals surface area contributed by atoms with Crippen LogP contribution in [0, 0.1) is 0 Å². The van der Waals surface area contributed by atoms with Gasteiger partial charge >= 0.3 is 24.8 Å². The maximum Gasteiger partial charge on any atom is 1.00 e. The standard InChI is InChI=1S/C19H27N3O5S.Li.2H2O/c1-12(21-28(25)19(2,3)4)13-7-15(18(27-6)16(8-13)26-5)14-9-20-22(10-14)11-17(23)24;;;/h7-10,12,21H,11H2,1-6H3,(H,23,24);;2*1H2/q;+1;;/p-1/t12-,28+;;;/m1.../s1. The Morgan fingerprint density at radius 3 is 2.42 bits per heavy atom. The Bertz CT molecular complexity index is 842. The van der Waals surface area contributed by atoms with Gasteiger partial charge in [0.25, 0.3) is 0 Å². The molecule has 0 saturated carbocycles. The third kappa shape index (κ3) is 8.05. The average Bonchev–Trinajstić information content (AvgIpc) is 3.06. The summed E-state index contributed by atoms with van der Waals surface area (Å²) in [5, 5.41) is 13.0. The van der Waals surface area contributed by atoms with E-state index in [9.17, 15) is 9.35 Å². The van der Waals surface area contributed by atoms with Crippen LogP contribution in [0.3, 0.4) is 0 Å². The van der Waals surface area contributed by atoms with E-state index in [0.29, 0.717) is 22.6 Å². The molecule has 5 N–H and O–H groups in total. The SMILES string of the molecule is COc1cc([C@@H](C)N[S@@+]([O-])C(C)(C)C)cc(-c2cnn(CC(=O)O)c2)c1OC.O.[Li+].[OH-]. The summed E-state index contributed by atoms with van der Waals surface area (Å²) in [6.07, 6.45) is 3.22. The smallest absolute Gasteiger partial charge is 0.870 e. The van der Waals surface area contributed by atoms with Crippen LogP contribution in [0.2, 0.25) is 0 Å². The first kappa shape index (κ1) is 31.5. The Labute approximate surface area is 197 Å². The van der Waals surface area contributed by atoms with Crippen molar-refractivity contribution < 1.29 is 53.7 Å². The predicted octanol–water partition coefficient (Wildman–Crippen LogP) is -1.23. The molecule has 10 nitrogen and oxygen atoms in total. The molecule has 1 aromatic carbocycles. The summed E-state index contributed by atoms with van der Waals surface area (Å²) in [5.74, 6) is 0.0665. The fourth-order valence-electron chi connectivity index (χ4n) is 2.58. The molecular formula is C19H30LiN3O7S. The van der Waals surface area contributed by atoms with E-state index in [4.69, 9.17) is 14.6 Å². The van der Waals surface area contributed by atoms with Crippen LogP contribution in [0.25, 0.3) is 11.1 Å². The minimum absolute atomic E-state index is 0.